The van der Waals surface area contributed by atoms with Crippen molar-refractivity contribution in [3.63, 3.8) is 0 Å². The zero-order valence-corrected chi connectivity index (χ0v) is 16.4. The first-order valence-corrected chi connectivity index (χ1v) is 9.62. The van der Waals surface area contributed by atoms with Gasteiger partial charge < -0.3 is 10.2 Å². The molecule has 1 amide bonds. The third kappa shape index (κ3) is 4.87. The fourth-order valence-corrected chi connectivity index (χ4v) is 3.39. The smallest absolute Gasteiger partial charge is 0.257 e. The molecule has 1 aliphatic heterocycles. The summed E-state index contributed by atoms with van der Waals surface area (Å²) in [6.45, 7) is 2.20. The number of nitrogens with one attached hydrogen (secondary N) is 2. The number of amides is 1. The molecule has 1 aliphatic rings. The van der Waals surface area contributed by atoms with Gasteiger partial charge in [-0.3, -0.25) is 10.1 Å². The van der Waals surface area contributed by atoms with E-state index in [1.807, 2.05) is 12.1 Å². The second kappa shape index (κ2) is 8.71. The highest BCUT2D eigenvalue weighted by molar-refractivity contribution is 7.80. The van der Waals surface area contributed by atoms with E-state index in [0.717, 1.165) is 18.8 Å². The molecule has 0 aliphatic carbocycles. The van der Waals surface area contributed by atoms with Crippen molar-refractivity contribution >= 4 is 57.8 Å². The van der Waals surface area contributed by atoms with Gasteiger partial charge in [0.1, 0.15) is 0 Å². The molecule has 136 valence electrons. The number of carbonyl (C=O) groups is 1. The van der Waals surface area contributed by atoms with Crippen LogP contribution in [0.25, 0.3) is 0 Å². The van der Waals surface area contributed by atoms with E-state index in [9.17, 15) is 4.79 Å². The van der Waals surface area contributed by atoms with Crippen LogP contribution in [0.4, 0.5) is 11.4 Å². The Balaban J connectivity index is 1.57. The number of thiocarbonyl (C=S) groups is 1. The van der Waals surface area contributed by atoms with Gasteiger partial charge in [-0.25, -0.2) is 0 Å². The quantitative estimate of drug-likeness (QED) is 0.693. The van der Waals surface area contributed by atoms with Crippen molar-refractivity contribution in [1.82, 2.24) is 5.32 Å². The summed E-state index contributed by atoms with van der Waals surface area (Å²) in [5.74, 6) is -0.342. The summed E-state index contributed by atoms with van der Waals surface area (Å²) in [5.41, 5.74) is 2.43. The Morgan fingerprint density at radius 2 is 1.65 bits per heavy atom. The SMILES string of the molecule is O=C(NC(=S)Nc1ccc(N2CCCCC2)cc1)c1ccc(Cl)c(Cl)c1. The Bertz CT molecular complexity index is 805. The average molecular weight is 408 g/mol. The highest BCUT2D eigenvalue weighted by Crippen LogP contribution is 2.23. The number of anilines is 2. The normalized spacial score (nSPS) is 14.0. The number of piperidine rings is 1. The summed E-state index contributed by atoms with van der Waals surface area (Å²) in [4.78, 5) is 14.6. The Labute approximate surface area is 168 Å². The summed E-state index contributed by atoms with van der Waals surface area (Å²) >= 11 is 17.0. The van der Waals surface area contributed by atoms with Crippen LogP contribution in [0.2, 0.25) is 10.0 Å². The molecule has 0 atom stereocenters. The molecule has 2 N–H and O–H groups in total. The van der Waals surface area contributed by atoms with Crippen LogP contribution in [0, 0.1) is 0 Å². The lowest BCUT2D eigenvalue weighted by Crippen LogP contribution is -2.34. The van der Waals surface area contributed by atoms with Crippen molar-refractivity contribution in [2.45, 2.75) is 19.3 Å². The number of carbonyl (C=O) groups excluding carboxylic acids is 1. The molecule has 0 saturated carbocycles. The lowest BCUT2D eigenvalue weighted by Gasteiger charge is -2.28. The van der Waals surface area contributed by atoms with Crippen molar-refractivity contribution < 1.29 is 4.79 Å². The molecule has 26 heavy (non-hydrogen) atoms. The summed E-state index contributed by atoms with van der Waals surface area (Å²) in [7, 11) is 0. The van der Waals surface area contributed by atoms with Gasteiger partial charge in [0.15, 0.2) is 5.11 Å². The molecular weight excluding hydrogens is 389 g/mol. The molecule has 1 heterocycles. The minimum Gasteiger partial charge on any atom is -0.372 e. The van der Waals surface area contributed by atoms with Crippen LogP contribution in [-0.4, -0.2) is 24.1 Å². The number of halogens is 2. The van der Waals surface area contributed by atoms with E-state index in [4.69, 9.17) is 35.4 Å². The lowest BCUT2D eigenvalue weighted by molar-refractivity contribution is 0.0977. The van der Waals surface area contributed by atoms with E-state index < -0.39 is 0 Å². The molecule has 0 bridgehead atoms. The molecule has 0 spiro atoms. The third-order valence-electron chi connectivity index (χ3n) is 4.26. The van der Waals surface area contributed by atoms with Gasteiger partial charge in [0.25, 0.3) is 5.91 Å². The molecular formula is C19H19Cl2N3OS. The van der Waals surface area contributed by atoms with E-state index >= 15 is 0 Å². The molecule has 0 aromatic heterocycles. The maximum atomic E-state index is 12.2. The Hall–Kier alpha value is -1.82. The standard InChI is InChI=1S/C19H19Cl2N3OS/c20-16-9-4-13(12-17(16)21)18(25)23-19(26)22-14-5-7-15(8-6-14)24-10-2-1-3-11-24/h4-9,12H,1-3,10-11H2,(H2,22,23,25,26). The van der Waals surface area contributed by atoms with Crippen molar-refractivity contribution in [3.8, 4) is 0 Å². The van der Waals surface area contributed by atoms with Crippen LogP contribution >= 0.6 is 35.4 Å². The monoisotopic (exact) mass is 407 g/mol. The maximum absolute atomic E-state index is 12.2. The Kier molecular flexibility index (Phi) is 6.35. The fourth-order valence-electron chi connectivity index (χ4n) is 2.88. The van der Waals surface area contributed by atoms with Gasteiger partial charge in [0.2, 0.25) is 0 Å². The topological polar surface area (TPSA) is 44.4 Å². The molecule has 7 heteroatoms. The second-order valence-corrected chi connectivity index (χ2v) is 7.35. The van der Waals surface area contributed by atoms with Crippen LogP contribution in [-0.2, 0) is 0 Å². The molecule has 3 rings (SSSR count). The lowest BCUT2D eigenvalue weighted by atomic mass is 10.1. The Morgan fingerprint density at radius 3 is 2.31 bits per heavy atom. The van der Waals surface area contributed by atoms with Crippen LogP contribution in [0.5, 0.6) is 0 Å². The van der Waals surface area contributed by atoms with E-state index in [1.54, 1.807) is 12.1 Å². The van der Waals surface area contributed by atoms with Crippen LogP contribution in [0.3, 0.4) is 0 Å². The average Bonchev–Trinajstić information content (AvgIpc) is 2.65. The Morgan fingerprint density at radius 1 is 0.962 bits per heavy atom. The van der Waals surface area contributed by atoms with Gasteiger partial charge in [-0.2, -0.15) is 0 Å². The van der Waals surface area contributed by atoms with Crippen LogP contribution in [0.15, 0.2) is 42.5 Å². The van der Waals surface area contributed by atoms with E-state index in [0.29, 0.717) is 15.6 Å². The molecule has 2 aromatic carbocycles. The molecule has 2 aromatic rings. The maximum Gasteiger partial charge on any atom is 0.257 e. The molecule has 4 nitrogen and oxygen atoms in total. The van der Waals surface area contributed by atoms with Gasteiger partial charge in [0, 0.05) is 30.0 Å². The first-order chi connectivity index (χ1) is 12.5. The highest BCUT2D eigenvalue weighted by Gasteiger charge is 2.12. The minimum absolute atomic E-state index is 0.229. The number of nitrogens with zero attached hydrogens (tertiary/aromatic N) is 1. The highest BCUT2D eigenvalue weighted by atomic mass is 35.5. The molecule has 1 fully saturated rings. The summed E-state index contributed by atoms with van der Waals surface area (Å²) in [5, 5.41) is 6.61. The van der Waals surface area contributed by atoms with Crippen LogP contribution < -0.4 is 15.5 Å². The summed E-state index contributed by atoms with van der Waals surface area (Å²) in [6.07, 6.45) is 3.79. The van der Waals surface area contributed by atoms with E-state index in [1.165, 1.54) is 31.0 Å². The number of hydrogen-bond donors (Lipinski definition) is 2. The van der Waals surface area contributed by atoms with Crippen molar-refractivity contribution in [2.24, 2.45) is 0 Å². The predicted molar refractivity (Wildman–Crippen MR) is 113 cm³/mol. The first kappa shape index (κ1) is 19.0. The van der Waals surface area contributed by atoms with Gasteiger partial charge in [-0.05, 0) is 73.9 Å². The van der Waals surface area contributed by atoms with Gasteiger partial charge in [0.05, 0.1) is 10.0 Å². The van der Waals surface area contributed by atoms with E-state index in [2.05, 4.69) is 27.7 Å². The van der Waals surface area contributed by atoms with E-state index in [-0.39, 0.29) is 11.0 Å². The van der Waals surface area contributed by atoms with Crippen molar-refractivity contribution in [3.05, 3.63) is 58.1 Å². The minimum atomic E-state index is -0.342. The molecule has 0 radical (unpaired) electrons. The zero-order chi connectivity index (χ0) is 18.5. The largest absolute Gasteiger partial charge is 0.372 e. The summed E-state index contributed by atoms with van der Waals surface area (Å²) in [6, 6.07) is 12.7. The van der Waals surface area contributed by atoms with Crippen molar-refractivity contribution in [2.75, 3.05) is 23.3 Å². The molecule has 1 saturated heterocycles. The molecule has 0 unspecified atom stereocenters. The number of hydrogen-bond acceptors (Lipinski definition) is 3. The summed E-state index contributed by atoms with van der Waals surface area (Å²) < 4.78 is 0. The van der Waals surface area contributed by atoms with Crippen molar-refractivity contribution in [1.29, 1.82) is 0 Å². The number of benzene rings is 2. The predicted octanol–water partition coefficient (Wildman–Crippen LogP) is 5.11. The zero-order valence-electron chi connectivity index (χ0n) is 14.1. The van der Waals surface area contributed by atoms with Gasteiger partial charge in [-0.15, -0.1) is 0 Å². The fraction of sp³-hybridized carbons (Fsp3) is 0.263. The first-order valence-electron chi connectivity index (χ1n) is 8.45. The van der Waals surface area contributed by atoms with Gasteiger partial charge in [-0.1, -0.05) is 23.2 Å². The second-order valence-electron chi connectivity index (χ2n) is 6.13. The number of rotatable bonds is 3. The third-order valence-corrected chi connectivity index (χ3v) is 5.20. The van der Waals surface area contributed by atoms with Gasteiger partial charge >= 0.3 is 0 Å². The van der Waals surface area contributed by atoms with Crippen LogP contribution in [0.1, 0.15) is 29.6 Å².